The van der Waals surface area contributed by atoms with Gasteiger partial charge in [0, 0.05) is 30.2 Å². The lowest BCUT2D eigenvalue weighted by atomic mass is 9.90. The van der Waals surface area contributed by atoms with Gasteiger partial charge in [-0.1, -0.05) is 37.3 Å². The maximum Gasteiger partial charge on any atom is 0.323 e. The molecule has 2 amide bonds. The summed E-state index contributed by atoms with van der Waals surface area (Å²) < 4.78 is 4.30. The van der Waals surface area contributed by atoms with E-state index in [1.807, 2.05) is 37.3 Å². The Bertz CT molecular complexity index is 668. The summed E-state index contributed by atoms with van der Waals surface area (Å²) in [7, 11) is 0. The number of piperidine rings is 1. The van der Waals surface area contributed by atoms with Crippen molar-refractivity contribution in [2.24, 2.45) is 5.92 Å². The Morgan fingerprint density at radius 3 is 2.75 bits per heavy atom. The van der Waals surface area contributed by atoms with E-state index in [9.17, 15) is 9.90 Å². The molecule has 6 nitrogen and oxygen atoms in total. The van der Waals surface area contributed by atoms with Crippen LogP contribution in [0.15, 0.2) is 30.3 Å². The molecule has 1 aromatic carbocycles. The average molecular weight is 346 g/mol. The normalized spacial score (nSPS) is 16.8. The first kappa shape index (κ1) is 16.9. The van der Waals surface area contributed by atoms with Crippen LogP contribution in [0.5, 0.6) is 0 Å². The minimum absolute atomic E-state index is 0.143. The summed E-state index contributed by atoms with van der Waals surface area (Å²) >= 11 is 1.19. The van der Waals surface area contributed by atoms with Crippen LogP contribution >= 0.6 is 11.5 Å². The lowest BCUT2D eigenvalue weighted by Crippen LogP contribution is -2.43. The molecule has 2 heterocycles. The molecule has 24 heavy (non-hydrogen) atoms. The van der Waals surface area contributed by atoms with E-state index in [1.54, 1.807) is 4.90 Å². The summed E-state index contributed by atoms with van der Waals surface area (Å²) in [5.74, 6) is 0.922. The molecule has 128 valence electrons. The number of nitrogens with zero attached hydrogens (tertiary/aromatic N) is 3. The molecule has 1 saturated heterocycles. The predicted molar refractivity (Wildman–Crippen MR) is 95.0 cm³/mol. The van der Waals surface area contributed by atoms with Gasteiger partial charge >= 0.3 is 6.03 Å². The Hall–Kier alpha value is -1.99. The van der Waals surface area contributed by atoms with Gasteiger partial charge in [0.05, 0.1) is 6.10 Å². The number of hydrogen-bond donors (Lipinski definition) is 2. The lowest BCUT2D eigenvalue weighted by Gasteiger charge is -2.33. The molecule has 0 radical (unpaired) electrons. The van der Waals surface area contributed by atoms with E-state index in [0.29, 0.717) is 30.0 Å². The van der Waals surface area contributed by atoms with Gasteiger partial charge in [-0.25, -0.2) is 4.79 Å². The van der Waals surface area contributed by atoms with Crippen LogP contribution in [0.2, 0.25) is 0 Å². The molecule has 0 aliphatic carbocycles. The van der Waals surface area contributed by atoms with Gasteiger partial charge in [0.15, 0.2) is 5.82 Å². The third-order valence-electron chi connectivity index (χ3n) is 4.46. The second-order valence-corrected chi connectivity index (χ2v) is 6.77. The number of nitrogens with one attached hydrogen (secondary N) is 1. The molecule has 7 heteroatoms. The van der Waals surface area contributed by atoms with Gasteiger partial charge in [-0.15, -0.1) is 0 Å². The molecule has 1 aromatic heterocycles. The lowest BCUT2D eigenvalue weighted by molar-refractivity contribution is 0.0660. The second kappa shape index (κ2) is 7.72. The topological polar surface area (TPSA) is 78.4 Å². The molecule has 2 N–H and O–H groups in total. The molecule has 3 rings (SSSR count). The number of rotatable bonds is 4. The minimum atomic E-state index is -0.258. The SMILES string of the molecule is CC[C@H](O)C1CCN(C(=O)Nc2nc(-c3ccccc3)ns2)CC1. The zero-order valence-electron chi connectivity index (χ0n) is 13.7. The standard InChI is InChI=1S/C17H22N4O2S/c1-2-14(22)12-8-10-21(11-9-12)17(23)19-16-18-15(20-24-16)13-6-4-3-5-7-13/h3-7,12,14,22H,2,8-11H2,1H3,(H,18,19,20,23)/t14-/m0/s1. The molecule has 1 aliphatic heterocycles. The fourth-order valence-corrected chi connectivity index (χ4v) is 3.55. The van der Waals surface area contributed by atoms with Crippen molar-refractivity contribution in [2.45, 2.75) is 32.3 Å². The number of likely N-dealkylation sites (tertiary alicyclic amines) is 1. The predicted octanol–water partition coefficient (Wildman–Crippen LogP) is 3.22. The van der Waals surface area contributed by atoms with Crippen LogP contribution in [0.1, 0.15) is 26.2 Å². The molecule has 0 spiro atoms. The third kappa shape index (κ3) is 3.91. The van der Waals surface area contributed by atoms with Crippen molar-refractivity contribution in [2.75, 3.05) is 18.4 Å². The van der Waals surface area contributed by atoms with E-state index in [-0.39, 0.29) is 12.1 Å². The molecule has 1 atom stereocenters. The van der Waals surface area contributed by atoms with Crippen molar-refractivity contribution in [3.05, 3.63) is 30.3 Å². The Kier molecular flexibility index (Phi) is 5.42. The highest BCUT2D eigenvalue weighted by Crippen LogP contribution is 2.24. The highest BCUT2D eigenvalue weighted by molar-refractivity contribution is 7.10. The van der Waals surface area contributed by atoms with E-state index in [0.717, 1.165) is 24.8 Å². The number of aliphatic hydroxyl groups is 1. The fraction of sp³-hybridized carbons (Fsp3) is 0.471. The van der Waals surface area contributed by atoms with Gasteiger partial charge in [0.1, 0.15) is 0 Å². The van der Waals surface area contributed by atoms with Crippen molar-refractivity contribution in [3.8, 4) is 11.4 Å². The van der Waals surface area contributed by atoms with Crippen LogP contribution in [0.25, 0.3) is 11.4 Å². The molecular weight excluding hydrogens is 324 g/mol. The van der Waals surface area contributed by atoms with Gasteiger partial charge in [-0.2, -0.15) is 9.36 Å². The van der Waals surface area contributed by atoms with Crippen molar-refractivity contribution in [1.29, 1.82) is 0 Å². The summed E-state index contributed by atoms with van der Waals surface area (Å²) in [6.45, 7) is 3.32. The summed E-state index contributed by atoms with van der Waals surface area (Å²) in [4.78, 5) is 18.5. The van der Waals surface area contributed by atoms with Crippen LogP contribution in [0.3, 0.4) is 0 Å². The van der Waals surface area contributed by atoms with Crippen molar-refractivity contribution >= 4 is 22.7 Å². The van der Waals surface area contributed by atoms with E-state index < -0.39 is 0 Å². The van der Waals surface area contributed by atoms with Crippen LogP contribution in [0.4, 0.5) is 9.93 Å². The Morgan fingerprint density at radius 2 is 2.08 bits per heavy atom. The molecule has 2 aromatic rings. The molecule has 0 unspecified atom stereocenters. The van der Waals surface area contributed by atoms with Gasteiger partial charge < -0.3 is 10.0 Å². The quantitative estimate of drug-likeness (QED) is 0.891. The van der Waals surface area contributed by atoms with Crippen LogP contribution in [-0.4, -0.2) is 44.6 Å². The zero-order chi connectivity index (χ0) is 16.9. The maximum absolute atomic E-state index is 12.4. The first-order chi connectivity index (χ1) is 11.7. The van der Waals surface area contributed by atoms with E-state index >= 15 is 0 Å². The number of aliphatic hydroxyl groups excluding tert-OH is 1. The number of urea groups is 1. The first-order valence-electron chi connectivity index (χ1n) is 8.30. The van der Waals surface area contributed by atoms with E-state index in [2.05, 4.69) is 14.7 Å². The Balaban J connectivity index is 1.55. The molecule has 1 aliphatic rings. The third-order valence-corrected chi connectivity index (χ3v) is 5.09. The summed E-state index contributed by atoms with van der Waals surface area (Å²) in [6.07, 6.45) is 2.19. The number of benzene rings is 1. The Morgan fingerprint density at radius 1 is 1.38 bits per heavy atom. The van der Waals surface area contributed by atoms with Gasteiger partial charge in [0.2, 0.25) is 5.13 Å². The number of anilines is 1. The number of aromatic nitrogens is 2. The van der Waals surface area contributed by atoms with E-state index in [1.165, 1.54) is 11.5 Å². The van der Waals surface area contributed by atoms with Gasteiger partial charge in [-0.3, -0.25) is 5.32 Å². The molecular formula is C17H22N4O2S. The maximum atomic E-state index is 12.4. The number of amides is 2. The minimum Gasteiger partial charge on any atom is -0.393 e. The highest BCUT2D eigenvalue weighted by atomic mass is 32.1. The largest absolute Gasteiger partial charge is 0.393 e. The molecule has 0 saturated carbocycles. The molecule has 0 bridgehead atoms. The second-order valence-electron chi connectivity index (χ2n) is 6.02. The van der Waals surface area contributed by atoms with Crippen molar-refractivity contribution in [3.63, 3.8) is 0 Å². The summed E-state index contributed by atoms with van der Waals surface area (Å²) in [5, 5.41) is 13.3. The highest BCUT2D eigenvalue weighted by Gasteiger charge is 2.27. The first-order valence-corrected chi connectivity index (χ1v) is 9.08. The average Bonchev–Trinajstić information content (AvgIpc) is 3.10. The monoisotopic (exact) mass is 346 g/mol. The zero-order valence-corrected chi connectivity index (χ0v) is 14.5. The van der Waals surface area contributed by atoms with Gasteiger partial charge in [0.25, 0.3) is 0 Å². The van der Waals surface area contributed by atoms with Crippen LogP contribution in [-0.2, 0) is 0 Å². The van der Waals surface area contributed by atoms with Crippen molar-refractivity contribution in [1.82, 2.24) is 14.3 Å². The summed E-state index contributed by atoms with van der Waals surface area (Å²) in [5.41, 5.74) is 0.934. The fourth-order valence-electron chi connectivity index (χ4n) is 2.97. The van der Waals surface area contributed by atoms with Crippen molar-refractivity contribution < 1.29 is 9.90 Å². The van der Waals surface area contributed by atoms with Gasteiger partial charge in [-0.05, 0) is 25.2 Å². The smallest absolute Gasteiger partial charge is 0.323 e. The Labute approximate surface area is 145 Å². The van der Waals surface area contributed by atoms with E-state index in [4.69, 9.17) is 0 Å². The van der Waals surface area contributed by atoms with Crippen LogP contribution < -0.4 is 5.32 Å². The summed E-state index contributed by atoms with van der Waals surface area (Å²) in [6, 6.07) is 9.55. The number of carbonyl (C=O) groups is 1. The number of hydrogen-bond acceptors (Lipinski definition) is 5. The van der Waals surface area contributed by atoms with Crippen LogP contribution in [0, 0.1) is 5.92 Å². The number of carbonyl (C=O) groups excluding carboxylic acids is 1. The molecule has 1 fully saturated rings.